The number of methoxy groups -OCH3 is 2. The highest BCUT2D eigenvalue weighted by Crippen LogP contribution is 2.29. The van der Waals surface area contributed by atoms with Gasteiger partial charge < -0.3 is 19.7 Å². The highest BCUT2D eigenvalue weighted by Gasteiger charge is 2.09. The fourth-order valence-electron chi connectivity index (χ4n) is 3.15. The molecule has 0 saturated heterocycles. The third-order valence-corrected chi connectivity index (χ3v) is 4.85. The summed E-state index contributed by atoms with van der Waals surface area (Å²) in [5.41, 5.74) is 7.27. The van der Waals surface area contributed by atoms with Gasteiger partial charge in [0, 0.05) is 16.5 Å². The normalized spacial score (nSPS) is 11.2. The number of fused-ring (bicyclic) bond motifs is 1. The molecule has 0 aliphatic rings. The van der Waals surface area contributed by atoms with E-state index in [2.05, 4.69) is 31.0 Å². The minimum absolute atomic E-state index is 0.0133. The number of ether oxygens (including phenoxy) is 2. The van der Waals surface area contributed by atoms with E-state index in [4.69, 9.17) is 9.47 Å². The fraction of sp³-hybridized carbons (Fsp3) is 0.0833. The van der Waals surface area contributed by atoms with E-state index < -0.39 is 0 Å². The van der Waals surface area contributed by atoms with Crippen LogP contribution in [0, 0.1) is 0 Å². The number of phenols is 2. The number of nitrogens with one attached hydrogen (secondary N) is 2. The standard InChI is InChI=1S/C24H22N6O4/c1-33-19-11-5-7-15(21(19)31)13-25-29-23-17-9-3-4-10-18(17)27-24(28-23)30-26-14-16-8-6-12-20(34-2)22(16)32/h3-14,31-32H,1-2H3,(H2,27,28,29,30)/b25-13-,26-14-. The Bertz CT molecular complexity index is 1370. The van der Waals surface area contributed by atoms with Crippen LogP contribution in [0.15, 0.2) is 70.9 Å². The van der Waals surface area contributed by atoms with Crippen LogP contribution in [0.1, 0.15) is 11.1 Å². The van der Waals surface area contributed by atoms with Crippen molar-refractivity contribution in [3.05, 3.63) is 71.8 Å². The topological polar surface area (TPSA) is 133 Å². The van der Waals surface area contributed by atoms with E-state index in [0.717, 1.165) is 5.39 Å². The van der Waals surface area contributed by atoms with Crippen molar-refractivity contribution in [1.29, 1.82) is 0 Å². The summed E-state index contributed by atoms with van der Waals surface area (Å²) in [7, 11) is 2.96. The zero-order valence-corrected chi connectivity index (χ0v) is 18.4. The van der Waals surface area contributed by atoms with Gasteiger partial charge in [0.05, 0.1) is 32.2 Å². The van der Waals surface area contributed by atoms with E-state index in [1.807, 2.05) is 24.3 Å². The molecule has 4 N–H and O–H groups in total. The molecule has 3 aromatic carbocycles. The second kappa shape index (κ2) is 10.2. The number of hydrazone groups is 2. The van der Waals surface area contributed by atoms with Gasteiger partial charge in [0.25, 0.3) is 0 Å². The second-order valence-corrected chi connectivity index (χ2v) is 6.95. The maximum absolute atomic E-state index is 10.2. The summed E-state index contributed by atoms with van der Waals surface area (Å²) < 4.78 is 10.2. The molecule has 1 heterocycles. The molecule has 4 rings (SSSR count). The van der Waals surface area contributed by atoms with E-state index in [1.165, 1.54) is 26.6 Å². The van der Waals surface area contributed by atoms with Crippen LogP contribution in [-0.2, 0) is 0 Å². The van der Waals surface area contributed by atoms with Gasteiger partial charge in [0.2, 0.25) is 5.95 Å². The predicted octanol–water partition coefficient (Wildman–Crippen LogP) is 3.95. The van der Waals surface area contributed by atoms with E-state index in [0.29, 0.717) is 34.0 Å². The van der Waals surface area contributed by atoms with Gasteiger partial charge in [-0.25, -0.2) is 10.4 Å². The van der Waals surface area contributed by atoms with Gasteiger partial charge in [-0.2, -0.15) is 15.2 Å². The number of phenolic OH excluding ortho intramolecular Hbond substituents is 2. The zero-order valence-electron chi connectivity index (χ0n) is 18.4. The van der Waals surface area contributed by atoms with Gasteiger partial charge in [-0.1, -0.05) is 24.3 Å². The van der Waals surface area contributed by atoms with Crippen molar-refractivity contribution in [1.82, 2.24) is 9.97 Å². The second-order valence-electron chi connectivity index (χ2n) is 6.95. The maximum Gasteiger partial charge on any atom is 0.246 e. The molecule has 0 radical (unpaired) electrons. The first-order chi connectivity index (χ1) is 16.6. The Morgan fingerprint density at radius 1 is 0.735 bits per heavy atom. The number of aromatic nitrogens is 2. The number of aromatic hydroxyl groups is 2. The number of rotatable bonds is 8. The van der Waals surface area contributed by atoms with Crippen molar-refractivity contribution in [2.24, 2.45) is 10.2 Å². The molecule has 10 heteroatoms. The predicted molar refractivity (Wildman–Crippen MR) is 131 cm³/mol. The maximum atomic E-state index is 10.2. The number of anilines is 2. The lowest BCUT2D eigenvalue weighted by Crippen LogP contribution is -2.02. The number of para-hydroxylation sites is 3. The molecule has 0 saturated carbocycles. The molecule has 172 valence electrons. The Balaban J connectivity index is 1.57. The summed E-state index contributed by atoms with van der Waals surface area (Å²) in [6.45, 7) is 0. The average molecular weight is 458 g/mol. The van der Waals surface area contributed by atoms with Crippen LogP contribution in [0.4, 0.5) is 11.8 Å². The molecule has 0 spiro atoms. The first kappa shape index (κ1) is 22.3. The lowest BCUT2D eigenvalue weighted by molar-refractivity contribution is 0.373. The molecule has 4 aromatic rings. The van der Waals surface area contributed by atoms with Gasteiger partial charge in [0.1, 0.15) is 0 Å². The van der Waals surface area contributed by atoms with Crippen molar-refractivity contribution >= 4 is 35.1 Å². The fourth-order valence-corrected chi connectivity index (χ4v) is 3.15. The summed E-state index contributed by atoms with van der Waals surface area (Å²) in [5.74, 6) is 1.32. The molecule has 34 heavy (non-hydrogen) atoms. The highest BCUT2D eigenvalue weighted by molar-refractivity contribution is 5.91. The van der Waals surface area contributed by atoms with Crippen LogP contribution in [-0.4, -0.2) is 46.8 Å². The average Bonchev–Trinajstić information content (AvgIpc) is 2.86. The first-order valence-electron chi connectivity index (χ1n) is 10.2. The van der Waals surface area contributed by atoms with Crippen LogP contribution in [0.25, 0.3) is 10.9 Å². The van der Waals surface area contributed by atoms with Crippen LogP contribution in [0.3, 0.4) is 0 Å². The van der Waals surface area contributed by atoms with Crippen molar-refractivity contribution in [2.45, 2.75) is 0 Å². The van der Waals surface area contributed by atoms with Crippen LogP contribution in [0.5, 0.6) is 23.0 Å². The molecule has 0 fully saturated rings. The van der Waals surface area contributed by atoms with Gasteiger partial charge in [0.15, 0.2) is 28.8 Å². The first-order valence-corrected chi connectivity index (χ1v) is 10.2. The Morgan fingerprint density at radius 2 is 1.32 bits per heavy atom. The smallest absolute Gasteiger partial charge is 0.246 e. The highest BCUT2D eigenvalue weighted by atomic mass is 16.5. The van der Waals surface area contributed by atoms with Crippen molar-refractivity contribution in [3.63, 3.8) is 0 Å². The van der Waals surface area contributed by atoms with Crippen molar-refractivity contribution < 1.29 is 19.7 Å². The van der Waals surface area contributed by atoms with Gasteiger partial charge in [-0.3, -0.25) is 5.43 Å². The Kier molecular flexibility index (Phi) is 6.68. The summed E-state index contributed by atoms with van der Waals surface area (Å²) in [4.78, 5) is 8.90. The molecular formula is C24H22N6O4. The minimum Gasteiger partial charge on any atom is -0.504 e. The van der Waals surface area contributed by atoms with Crippen LogP contribution >= 0.6 is 0 Å². The number of nitrogens with zero attached hydrogens (tertiary/aromatic N) is 4. The van der Waals surface area contributed by atoms with Gasteiger partial charge in [-0.15, -0.1) is 0 Å². The summed E-state index contributed by atoms with van der Waals surface area (Å²) in [6, 6.07) is 17.6. The Morgan fingerprint density at radius 3 is 1.94 bits per heavy atom. The van der Waals surface area contributed by atoms with Gasteiger partial charge in [-0.05, 0) is 36.4 Å². The van der Waals surface area contributed by atoms with Gasteiger partial charge >= 0.3 is 0 Å². The Hall–Kier alpha value is -4.86. The third kappa shape index (κ3) is 4.80. The Labute approximate surface area is 195 Å². The molecule has 0 aliphatic carbocycles. The van der Waals surface area contributed by atoms with E-state index in [-0.39, 0.29) is 17.4 Å². The van der Waals surface area contributed by atoms with Crippen molar-refractivity contribution in [3.8, 4) is 23.0 Å². The molecule has 0 bridgehead atoms. The van der Waals surface area contributed by atoms with E-state index in [9.17, 15) is 10.2 Å². The van der Waals surface area contributed by atoms with E-state index >= 15 is 0 Å². The van der Waals surface area contributed by atoms with Crippen LogP contribution in [0.2, 0.25) is 0 Å². The quantitative estimate of drug-likeness (QED) is 0.230. The largest absolute Gasteiger partial charge is 0.504 e. The molecule has 0 amide bonds. The molecule has 0 atom stereocenters. The lowest BCUT2D eigenvalue weighted by atomic mass is 10.2. The number of hydrogen-bond donors (Lipinski definition) is 4. The zero-order chi connectivity index (χ0) is 23.9. The van der Waals surface area contributed by atoms with Crippen molar-refractivity contribution in [2.75, 3.05) is 25.1 Å². The summed E-state index contributed by atoms with van der Waals surface area (Å²) >= 11 is 0. The SMILES string of the molecule is COc1cccc(/C=N\Nc2nc(N/N=C\c3cccc(OC)c3O)c3ccccc3n2)c1O. The molecule has 10 nitrogen and oxygen atoms in total. The molecular weight excluding hydrogens is 436 g/mol. The lowest BCUT2D eigenvalue weighted by Gasteiger charge is -2.08. The summed E-state index contributed by atoms with van der Waals surface area (Å²) in [6.07, 6.45) is 2.90. The monoisotopic (exact) mass is 458 g/mol. The van der Waals surface area contributed by atoms with Crippen LogP contribution < -0.4 is 20.3 Å². The number of hydrogen-bond acceptors (Lipinski definition) is 10. The minimum atomic E-state index is -0.0209. The van der Waals surface area contributed by atoms with E-state index in [1.54, 1.807) is 36.4 Å². The number of benzene rings is 3. The molecule has 0 unspecified atom stereocenters. The summed E-state index contributed by atoms with van der Waals surface area (Å²) in [5, 5.41) is 29.5. The molecule has 1 aromatic heterocycles. The third-order valence-electron chi connectivity index (χ3n) is 4.85. The molecule has 0 aliphatic heterocycles.